The molecule has 0 aliphatic carbocycles. The number of rotatable bonds is 3. The van der Waals surface area contributed by atoms with Gasteiger partial charge in [-0.3, -0.25) is 4.79 Å². The lowest BCUT2D eigenvalue weighted by Gasteiger charge is -2.22. The third kappa shape index (κ3) is 2.97. The molecule has 76 valence electrons. The van der Waals surface area contributed by atoms with Gasteiger partial charge in [-0.05, 0) is 14.0 Å². The summed E-state index contributed by atoms with van der Waals surface area (Å²) in [5.41, 5.74) is 0. The second-order valence-corrected chi connectivity index (χ2v) is 3.23. The number of hydrogen-bond donors (Lipinski definition) is 1. The smallest absolute Gasteiger partial charge is 0.224 e. The summed E-state index contributed by atoms with van der Waals surface area (Å²) in [7, 11) is 1.90. The molecule has 1 saturated heterocycles. The molecule has 1 aliphatic rings. The molecule has 0 aromatic rings. The molecule has 1 heterocycles. The molecule has 4 nitrogen and oxygen atoms in total. The topological polar surface area (TPSA) is 41.6 Å². The maximum Gasteiger partial charge on any atom is 0.224 e. The minimum absolute atomic E-state index is 0.149. The van der Waals surface area contributed by atoms with Crippen LogP contribution in [-0.2, 0) is 9.53 Å². The average Bonchev–Trinajstić information content (AvgIpc) is 2.29. The summed E-state index contributed by atoms with van der Waals surface area (Å²) in [6.45, 7) is 4.86. The van der Waals surface area contributed by atoms with E-state index in [0.29, 0.717) is 13.0 Å². The molecular weight excluding hydrogens is 168 g/mol. The summed E-state index contributed by atoms with van der Waals surface area (Å²) >= 11 is 0. The van der Waals surface area contributed by atoms with Crippen molar-refractivity contribution in [3.8, 4) is 0 Å². The molecule has 1 amide bonds. The fourth-order valence-corrected chi connectivity index (χ4v) is 1.53. The van der Waals surface area contributed by atoms with Gasteiger partial charge in [0.1, 0.15) is 0 Å². The van der Waals surface area contributed by atoms with Crippen LogP contribution in [-0.4, -0.2) is 50.2 Å². The van der Waals surface area contributed by atoms with E-state index < -0.39 is 0 Å². The highest BCUT2D eigenvalue weighted by Gasteiger charge is 2.21. The molecule has 1 N–H and O–H groups in total. The molecule has 1 atom stereocenters. The molecule has 1 aliphatic heterocycles. The van der Waals surface area contributed by atoms with Gasteiger partial charge in [0.15, 0.2) is 0 Å². The number of carbonyl (C=O) groups is 1. The van der Waals surface area contributed by atoms with Crippen LogP contribution in [0.1, 0.15) is 13.3 Å². The fraction of sp³-hybridized carbons (Fsp3) is 0.889. The molecule has 0 saturated carbocycles. The van der Waals surface area contributed by atoms with E-state index >= 15 is 0 Å². The Morgan fingerprint density at radius 1 is 1.69 bits per heavy atom. The first-order chi connectivity index (χ1) is 6.27. The van der Waals surface area contributed by atoms with Crippen molar-refractivity contribution in [2.24, 2.45) is 0 Å². The zero-order valence-electron chi connectivity index (χ0n) is 8.38. The summed E-state index contributed by atoms with van der Waals surface area (Å²) in [5, 5.41) is 3.06. The average molecular weight is 186 g/mol. The van der Waals surface area contributed by atoms with Crippen LogP contribution < -0.4 is 5.32 Å². The van der Waals surface area contributed by atoms with Gasteiger partial charge in [-0.15, -0.1) is 0 Å². The Morgan fingerprint density at radius 3 is 3.08 bits per heavy atom. The van der Waals surface area contributed by atoms with Crippen molar-refractivity contribution in [2.45, 2.75) is 19.4 Å². The highest BCUT2D eigenvalue weighted by atomic mass is 16.5. The van der Waals surface area contributed by atoms with E-state index in [2.05, 4.69) is 5.32 Å². The lowest BCUT2D eigenvalue weighted by molar-refractivity contribution is -0.130. The molecule has 1 rings (SSSR count). The van der Waals surface area contributed by atoms with Crippen LogP contribution in [0.5, 0.6) is 0 Å². The second kappa shape index (κ2) is 5.19. The molecule has 13 heavy (non-hydrogen) atoms. The summed E-state index contributed by atoms with van der Waals surface area (Å²) in [5.74, 6) is 0.209. The van der Waals surface area contributed by atoms with Gasteiger partial charge in [0.2, 0.25) is 5.91 Å². The molecular formula is C9H18N2O2. The number of ether oxygens (including phenoxy) is 1. The number of nitrogens with one attached hydrogen (secondary N) is 1. The highest BCUT2D eigenvalue weighted by molar-refractivity contribution is 5.76. The molecule has 4 heteroatoms. The summed E-state index contributed by atoms with van der Waals surface area (Å²) < 4.78 is 5.52. The largest absolute Gasteiger partial charge is 0.375 e. The second-order valence-electron chi connectivity index (χ2n) is 3.23. The van der Waals surface area contributed by atoms with Crippen molar-refractivity contribution < 1.29 is 9.53 Å². The summed E-state index contributed by atoms with van der Waals surface area (Å²) in [6, 6.07) is 0. The standard InChI is InChI=1S/C9H18N2O2/c1-3-11-7-8(6-10-2)13-5-4-9(11)12/h8,10H,3-7H2,1-2H3. The van der Waals surface area contributed by atoms with Crippen molar-refractivity contribution in [1.29, 1.82) is 0 Å². The van der Waals surface area contributed by atoms with Crippen LogP contribution in [0.25, 0.3) is 0 Å². The number of likely N-dealkylation sites (N-methyl/N-ethyl adjacent to an activating group) is 2. The van der Waals surface area contributed by atoms with E-state index in [0.717, 1.165) is 19.6 Å². The summed E-state index contributed by atoms with van der Waals surface area (Å²) in [4.78, 5) is 13.3. The van der Waals surface area contributed by atoms with E-state index in [-0.39, 0.29) is 12.0 Å². The normalized spacial score (nSPS) is 24.6. The Kier molecular flexibility index (Phi) is 4.18. The van der Waals surface area contributed by atoms with Gasteiger partial charge >= 0.3 is 0 Å². The third-order valence-corrected chi connectivity index (χ3v) is 2.26. The van der Waals surface area contributed by atoms with Crippen LogP contribution in [0.3, 0.4) is 0 Å². The fourth-order valence-electron chi connectivity index (χ4n) is 1.53. The Labute approximate surface area is 79.2 Å². The first-order valence-electron chi connectivity index (χ1n) is 4.82. The number of carbonyl (C=O) groups excluding carboxylic acids is 1. The maximum absolute atomic E-state index is 11.4. The Hall–Kier alpha value is -0.610. The van der Waals surface area contributed by atoms with Gasteiger partial charge in [0.25, 0.3) is 0 Å². The summed E-state index contributed by atoms with van der Waals surface area (Å²) in [6.07, 6.45) is 0.671. The quantitative estimate of drug-likeness (QED) is 0.666. The lowest BCUT2D eigenvalue weighted by atomic mass is 10.3. The Bertz CT molecular complexity index is 173. The Morgan fingerprint density at radius 2 is 2.46 bits per heavy atom. The first-order valence-corrected chi connectivity index (χ1v) is 4.82. The van der Waals surface area contributed by atoms with E-state index in [1.54, 1.807) is 0 Å². The SMILES string of the molecule is CCN1CC(CNC)OCCC1=O. The minimum Gasteiger partial charge on any atom is -0.375 e. The predicted octanol–water partition coefficient (Wildman–Crippen LogP) is -0.157. The number of amides is 1. The molecule has 1 unspecified atom stereocenters. The molecule has 0 spiro atoms. The molecule has 1 fully saturated rings. The maximum atomic E-state index is 11.4. The van der Waals surface area contributed by atoms with E-state index in [1.165, 1.54) is 0 Å². The van der Waals surface area contributed by atoms with Gasteiger partial charge in [0, 0.05) is 19.6 Å². The van der Waals surface area contributed by atoms with E-state index in [1.807, 2.05) is 18.9 Å². The first kappa shape index (κ1) is 10.5. The van der Waals surface area contributed by atoms with Crippen LogP contribution in [0.4, 0.5) is 0 Å². The molecule has 0 radical (unpaired) electrons. The number of hydrogen-bond acceptors (Lipinski definition) is 3. The van der Waals surface area contributed by atoms with Crippen LogP contribution in [0.15, 0.2) is 0 Å². The van der Waals surface area contributed by atoms with Gasteiger partial charge in [-0.1, -0.05) is 0 Å². The third-order valence-electron chi connectivity index (χ3n) is 2.26. The Balaban J connectivity index is 2.48. The van der Waals surface area contributed by atoms with Crippen LogP contribution in [0.2, 0.25) is 0 Å². The molecule has 0 aromatic carbocycles. The van der Waals surface area contributed by atoms with Crippen molar-refractivity contribution in [1.82, 2.24) is 10.2 Å². The van der Waals surface area contributed by atoms with Crippen molar-refractivity contribution in [3.05, 3.63) is 0 Å². The predicted molar refractivity (Wildman–Crippen MR) is 50.5 cm³/mol. The minimum atomic E-state index is 0.149. The van der Waals surface area contributed by atoms with E-state index in [4.69, 9.17) is 4.74 Å². The van der Waals surface area contributed by atoms with Crippen molar-refractivity contribution >= 4 is 5.91 Å². The molecule has 0 bridgehead atoms. The zero-order valence-corrected chi connectivity index (χ0v) is 8.38. The van der Waals surface area contributed by atoms with E-state index in [9.17, 15) is 4.79 Å². The molecule has 0 aromatic heterocycles. The van der Waals surface area contributed by atoms with Gasteiger partial charge in [-0.25, -0.2) is 0 Å². The van der Waals surface area contributed by atoms with Gasteiger partial charge in [-0.2, -0.15) is 0 Å². The highest BCUT2D eigenvalue weighted by Crippen LogP contribution is 2.05. The van der Waals surface area contributed by atoms with Crippen molar-refractivity contribution in [3.63, 3.8) is 0 Å². The van der Waals surface area contributed by atoms with Crippen molar-refractivity contribution in [2.75, 3.05) is 33.3 Å². The number of nitrogens with zero attached hydrogens (tertiary/aromatic N) is 1. The zero-order chi connectivity index (χ0) is 9.68. The van der Waals surface area contributed by atoms with Crippen LogP contribution >= 0.6 is 0 Å². The van der Waals surface area contributed by atoms with Crippen LogP contribution in [0, 0.1) is 0 Å². The van der Waals surface area contributed by atoms with Gasteiger partial charge < -0.3 is 15.0 Å². The lowest BCUT2D eigenvalue weighted by Crippen LogP contribution is -2.39. The monoisotopic (exact) mass is 186 g/mol. The van der Waals surface area contributed by atoms with Gasteiger partial charge in [0.05, 0.1) is 19.1 Å².